The van der Waals surface area contributed by atoms with E-state index in [0.717, 1.165) is 4.57 Å². The van der Waals surface area contributed by atoms with Crippen molar-refractivity contribution in [2.45, 2.75) is 50.0 Å². The number of aliphatic hydroxyl groups is 2. The van der Waals surface area contributed by atoms with E-state index in [9.17, 15) is 19.8 Å². The summed E-state index contributed by atoms with van der Waals surface area (Å²) in [4.78, 5) is 31.9. The van der Waals surface area contributed by atoms with Crippen molar-refractivity contribution < 1.29 is 28.9 Å². The van der Waals surface area contributed by atoms with Crippen molar-refractivity contribution in [2.24, 2.45) is 11.1 Å². The summed E-state index contributed by atoms with van der Waals surface area (Å²) in [5.74, 6) is 0.291. The molecule has 3 aliphatic rings. The molecule has 0 bridgehead atoms. The second-order valence-corrected chi connectivity index (χ2v) is 9.16. The minimum absolute atomic E-state index is 0.0353. The van der Waals surface area contributed by atoms with Gasteiger partial charge in [0, 0.05) is 12.5 Å². The minimum Gasteiger partial charge on any atom is -0.467 e. The molecule has 36 heavy (non-hydrogen) atoms. The first-order valence-corrected chi connectivity index (χ1v) is 11.9. The monoisotopic (exact) mass is 498 g/mol. The number of aliphatic hydroxyl groups excluding tert-OH is 2. The Bertz CT molecular complexity index is 1360. The third-order valence-corrected chi connectivity index (χ3v) is 6.88. The van der Waals surface area contributed by atoms with Crippen LogP contribution in [-0.4, -0.2) is 67.5 Å². The van der Waals surface area contributed by atoms with Crippen molar-refractivity contribution in [3.63, 3.8) is 0 Å². The fourth-order valence-electron chi connectivity index (χ4n) is 5.18. The number of para-hydroxylation sites is 1. The van der Waals surface area contributed by atoms with E-state index in [0.29, 0.717) is 23.6 Å². The molecule has 6 atom stereocenters. The van der Waals surface area contributed by atoms with Crippen LogP contribution in [0.4, 0.5) is 0 Å². The van der Waals surface area contributed by atoms with Gasteiger partial charge in [-0.25, -0.2) is 23.5 Å². The lowest BCUT2D eigenvalue weighted by Crippen LogP contribution is -2.53. The number of furan rings is 1. The Morgan fingerprint density at radius 2 is 1.94 bits per heavy atom. The molecule has 6 rings (SSSR count). The SMILES string of the molecule is O=c1n(-c2ccccc2)c(=O)n2n1CC[C@H]1/C(=N\OC[C@@H](O)COCc3ccco3)[C@H]3O[C@@H]3[C@@H](O)[C@@H]12. The van der Waals surface area contributed by atoms with Crippen LogP contribution < -0.4 is 11.4 Å². The molecule has 4 heterocycles. The number of fused-ring (bicyclic) bond motifs is 4. The van der Waals surface area contributed by atoms with Crippen LogP contribution >= 0.6 is 0 Å². The highest BCUT2D eigenvalue weighted by Gasteiger charge is 2.61. The number of aromatic nitrogens is 3. The summed E-state index contributed by atoms with van der Waals surface area (Å²) < 4.78 is 20.1. The number of oxime groups is 1. The topological polar surface area (TPSA) is 146 Å². The summed E-state index contributed by atoms with van der Waals surface area (Å²) in [6.45, 7) is 0.444. The number of benzene rings is 1. The second kappa shape index (κ2) is 9.21. The molecule has 1 saturated heterocycles. The summed E-state index contributed by atoms with van der Waals surface area (Å²) in [6.07, 6.45) is -0.823. The first kappa shape index (κ1) is 23.0. The first-order valence-electron chi connectivity index (χ1n) is 11.9. The lowest BCUT2D eigenvalue weighted by Gasteiger charge is -2.38. The van der Waals surface area contributed by atoms with E-state index in [1.807, 2.05) is 0 Å². The third kappa shape index (κ3) is 3.91. The van der Waals surface area contributed by atoms with Crippen LogP contribution in [0.2, 0.25) is 0 Å². The van der Waals surface area contributed by atoms with Gasteiger partial charge in [-0.05, 0) is 30.7 Å². The molecule has 3 aromatic rings. The predicted octanol–water partition coefficient (Wildman–Crippen LogP) is 0.0469. The van der Waals surface area contributed by atoms with Crippen molar-refractivity contribution >= 4 is 5.71 Å². The Morgan fingerprint density at radius 3 is 2.72 bits per heavy atom. The van der Waals surface area contributed by atoms with Crippen LogP contribution in [0.15, 0.2) is 67.9 Å². The summed E-state index contributed by atoms with van der Waals surface area (Å²) in [6, 6.07) is 11.5. The molecule has 12 heteroatoms. The van der Waals surface area contributed by atoms with Crippen LogP contribution in [0.1, 0.15) is 18.2 Å². The average Bonchev–Trinajstić information content (AvgIpc) is 3.44. The van der Waals surface area contributed by atoms with Gasteiger partial charge < -0.3 is 28.9 Å². The molecule has 0 radical (unpaired) electrons. The number of rotatable bonds is 8. The van der Waals surface area contributed by atoms with E-state index >= 15 is 0 Å². The van der Waals surface area contributed by atoms with Gasteiger partial charge >= 0.3 is 11.4 Å². The van der Waals surface area contributed by atoms with Crippen LogP contribution in [0.3, 0.4) is 0 Å². The van der Waals surface area contributed by atoms with Crippen LogP contribution in [0.5, 0.6) is 0 Å². The Labute approximate surface area is 204 Å². The second-order valence-electron chi connectivity index (χ2n) is 9.16. The van der Waals surface area contributed by atoms with E-state index < -0.39 is 41.8 Å². The maximum absolute atomic E-state index is 13.4. The zero-order valence-electron chi connectivity index (χ0n) is 19.3. The Balaban J connectivity index is 1.20. The Morgan fingerprint density at radius 1 is 1.11 bits per heavy atom. The largest absolute Gasteiger partial charge is 0.467 e. The quantitative estimate of drug-likeness (QED) is 0.327. The fourth-order valence-corrected chi connectivity index (χ4v) is 5.18. The highest BCUT2D eigenvalue weighted by atomic mass is 16.6. The van der Waals surface area contributed by atoms with Gasteiger partial charge in [-0.15, -0.1) is 0 Å². The molecule has 190 valence electrons. The van der Waals surface area contributed by atoms with Crippen molar-refractivity contribution in [3.8, 4) is 5.69 Å². The molecule has 2 aromatic heterocycles. The van der Waals surface area contributed by atoms with Gasteiger partial charge in [0.15, 0.2) is 0 Å². The molecule has 2 aliphatic heterocycles. The average molecular weight is 498 g/mol. The smallest absolute Gasteiger partial charge is 0.352 e. The highest BCUT2D eigenvalue weighted by molar-refractivity contribution is 5.94. The van der Waals surface area contributed by atoms with Crippen molar-refractivity contribution in [1.82, 2.24) is 13.9 Å². The fraction of sp³-hybridized carbons (Fsp3) is 0.458. The van der Waals surface area contributed by atoms with Crippen LogP contribution in [-0.2, 0) is 27.5 Å². The molecule has 0 amide bonds. The third-order valence-electron chi connectivity index (χ3n) is 6.88. The van der Waals surface area contributed by atoms with E-state index in [4.69, 9.17) is 18.7 Å². The lowest BCUT2D eigenvalue weighted by atomic mass is 9.78. The Kier molecular flexibility index (Phi) is 5.88. The maximum atomic E-state index is 13.4. The minimum atomic E-state index is -0.977. The molecule has 1 aromatic carbocycles. The summed E-state index contributed by atoms with van der Waals surface area (Å²) in [5.41, 5.74) is 0.0494. The molecule has 1 aliphatic carbocycles. The molecular formula is C24H26N4O8. The van der Waals surface area contributed by atoms with Crippen LogP contribution in [0.25, 0.3) is 5.69 Å². The summed E-state index contributed by atoms with van der Waals surface area (Å²) in [7, 11) is 0. The normalized spacial score (nSPS) is 28.3. The van der Waals surface area contributed by atoms with Crippen molar-refractivity contribution in [2.75, 3.05) is 13.2 Å². The van der Waals surface area contributed by atoms with Crippen LogP contribution in [0, 0.1) is 5.92 Å². The zero-order valence-corrected chi connectivity index (χ0v) is 19.3. The molecule has 1 saturated carbocycles. The highest BCUT2D eigenvalue weighted by Crippen LogP contribution is 2.46. The number of hydrogen-bond acceptors (Lipinski definition) is 9. The van der Waals surface area contributed by atoms with E-state index in [1.165, 1.54) is 9.36 Å². The molecular weight excluding hydrogens is 472 g/mol. The van der Waals surface area contributed by atoms with Gasteiger partial charge in [-0.3, -0.25) is 0 Å². The van der Waals surface area contributed by atoms with E-state index in [1.54, 1.807) is 48.7 Å². The number of hydrogen-bond donors (Lipinski definition) is 2. The van der Waals surface area contributed by atoms with Gasteiger partial charge in [-0.1, -0.05) is 23.4 Å². The standard InChI is InChI=1S/C24H26N4O8/c29-15(11-33-13-16-7-4-10-34-16)12-35-25-18-17-8-9-26-23(31)27(14-5-2-1-3-6-14)24(32)28(26)19(17)20(30)22-21(18)36-22/h1-7,10,15,17,19-22,29-30H,8-9,11-13H2/b25-18+/t15-,17-,19+,20-,21+,22+/m0/s1. The van der Waals surface area contributed by atoms with Gasteiger partial charge in [0.1, 0.15) is 43.4 Å². The van der Waals surface area contributed by atoms with Crippen molar-refractivity contribution in [3.05, 3.63) is 75.5 Å². The molecule has 12 nitrogen and oxygen atoms in total. The Hall–Kier alpha value is -3.45. The van der Waals surface area contributed by atoms with E-state index in [-0.39, 0.29) is 32.3 Å². The van der Waals surface area contributed by atoms with Gasteiger partial charge in [0.05, 0.1) is 30.3 Å². The van der Waals surface area contributed by atoms with Gasteiger partial charge in [-0.2, -0.15) is 0 Å². The summed E-state index contributed by atoms with van der Waals surface area (Å²) >= 11 is 0. The molecule has 0 unspecified atom stereocenters. The predicted molar refractivity (Wildman–Crippen MR) is 124 cm³/mol. The number of nitrogens with zero attached hydrogens (tertiary/aromatic N) is 4. The van der Waals surface area contributed by atoms with Crippen molar-refractivity contribution in [1.29, 1.82) is 0 Å². The number of epoxide rings is 1. The molecule has 0 spiro atoms. The number of ether oxygens (including phenoxy) is 2. The molecule has 2 N–H and O–H groups in total. The first-order chi connectivity index (χ1) is 17.5. The van der Waals surface area contributed by atoms with Gasteiger partial charge in [0.25, 0.3) is 0 Å². The van der Waals surface area contributed by atoms with E-state index in [2.05, 4.69) is 5.16 Å². The molecule has 2 fully saturated rings. The van der Waals surface area contributed by atoms with Gasteiger partial charge in [0.2, 0.25) is 0 Å². The summed E-state index contributed by atoms with van der Waals surface area (Å²) in [5, 5.41) is 25.4. The zero-order chi connectivity index (χ0) is 24.8. The lowest BCUT2D eigenvalue weighted by molar-refractivity contribution is -0.0264. The maximum Gasteiger partial charge on any atom is 0.352 e.